The summed E-state index contributed by atoms with van der Waals surface area (Å²) in [5.41, 5.74) is 0. The van der Waals surface area contributed by atoms with E-state index in [9.17, 15) is 9.59 Å². The zero-order valence-corrected chi connectivity index (χ0v) is 9.59. The molecule has 1 fully saturated rings. The molecule has 7 heteroatoms. The van der Waals surface area contributed by atoms with E-state index in [1.807, 2.05) is 0 Å². The van der Waals surface area contributed by atoms with Gasteiger partial charge in [-0.3, -0.25) is 14.5 Å². The first-order valence-corrected chi connectivity index (χ1v) is 5.57. The SMILES string of the molecule is O=C(O)CC(NCCN1CCOCC1)C(=O)O. The minimum Gasteiger partial charge on any atom is -0.481 e. The van der Waals surface area contributed by atoms with Crippen LogP contribution in [0, 0.1) is 0 Å². The molecule has 0 aliphatic carbocycles. The van der Waals surface area contributed by atoms with Crippen LogP contribution in [0.1, 0.15) is 6.42 Å². The number of carbonyl (C=O) groups is 2. The van der Waals surface area contributed by atoms with Gasteiger partial charge in [-0.1, -0.05) is 0 Å². The molecule has 1 unspecified atom stereocenters. The molecule has 3 N–H and O–H groups in total. The van der Waals surface area contributed by atoms with Crippen LogP contribution >= 0.6 is 0 Å². The van der Waals surface area contributed by atoms with Crippen molar-refractivity contribution >= 4 is 11.9 Å². The second-order valence-corrected chi connectivity index (χ2v) is 3.90. The fourth-order valence-electron chi connectivity index (χ4n) is 1.64. The average Bonchev–Trinajstić information content (AvgIpc) is 2.28. The fraction of sp³-hybridized carbons (Fsp3) is 0.800. The molecule has 1 aliphatic rings. The highest BCUT2D eigenvalue weighted by Crippen LogP contribution is 1.96. The summed E-state index contributed by atoms with van der Waals surface area (Å²) in [4.78, 5) is 23.4. The first-order chi connectivity index (χ1) is 8.09. The summed E-state index contributed by atoms with van der Waals surface area (Å²) in [7, 11) is 0. The van der Waals surface area contributed by atoms with Crippen LogP contribution in [0.3, 0.4) is 0 Å². The standard InChI is InChI=1S/C10H18N2O5/c13-9(14)7-8(10(15)16)11-1-2-12-3-5-17-6-4-12/h8,11H,1-7H2,(H,13,14)(H,15,16). The third-order valence-corrected chi connectivity index (χ3v) is 2.60. The highest BCUT2D eigenvalue weighted by atomic mass is 16.5. The first kappa shape index (κ1) is 13.9. The number of nitrogens with zero attached hydrogens (tertiary/aromatic N) is 1. The van der Waals surface area contributed by atoms with Gasteiger partial charge in [-0.05, 0) is 0 Å². The van der Waals surface area contributed by atoms with E-state index in [-0.39, 0.29) is 0 Å². The monoisotopic (exact) mass is 246 g/mol. The topological polar surface area (TPSA) is 99.1 Å². The van der Waals surface area contributed by atoms with Gasteiger partial charge in [0.15, 0.2) is 0 Å². The highest BCUT2D eigenvalue weighted by molar-refractivity contribution is 5.80. The molecule has 0 aromatic carbocycles. The molecule has 0 bridgehead atoms. The number of carboxylic acids is 2. The quantitative estimate of drug-likeness (QED) is 0.521. The first-order valence-electron chi connectivity index (χ1n) is 5.57. The van der Waals surface area contributed by atoms with Gasteiger partial charge in [0, 0.05) is 26.2 Å². The summed E-state index contributed by atoms with van der Waals surface area (Å²) >= 11 is 0. The van der Waals surface area contributed by atoms with Crippen LogP contribution in [0.15, 0.2) is 0 Å². The largest absolute Gasteiger partial charge is 0.481 e. The van der Waals surface area contributed by atoms with E-state index in [1.54, 1.807) is 0 Å². The molecule has 1 atom stereocenters. The fourth-order valence-corrected chi connectivity index (χ4v) is 1.64. The van der Waals surface area contributed by atoms with Gasteiger partial charge in [0.1, 0.15) is 6.04 Å². The highest BCUT2D eigenvalue weighted by Gasteiger charge is 2.20. The summed E-state index contributed by atoms with van der Waals surface area (Å²) in [5, 5.41) is 20.1. The van der Waals surface area contributed by atoms with Gasteiger partial charge < -0.3 is 20.3 Å². The van der Waals surface area contributed by atoms with Crippen LogP contribution < -0.4 is 5.32 Å². The molecule has 1 rings (SSSR count). The zero-order chi connectivity index (χ0) is 12.7. The number of hydrogen-bond acceptors (Lipinski definition) is 5. The molecule has 0 spiro atoms. The lowest BCUT2D eigenvalue weighted by atomic mass is 10.2. The van der Waals surface area contributed by atoms with E-state index >= 15 is 0 Å². The van der Waals surface area contributed by atoms with Gasteiger partial charge in [-0.25, -0.2) is 0 Å². The van der Waals surface area contributed by atoms with Gasteiger partial charge in [0.25, 0.3) is 0 Å². The number of hydrogen-bond donors (Lipinski definition) is 3. The van der Waals surface area contributed by atoms with E-state index < -0.39 is 24.4 Å². The summed E-state index contributed by atoms with van der Waals surface area (Å²) in [6.07, 6.45) is -0.404. The van der Waals surface area contributed by atoms with Crippen molar-refractivity contribution in [2.24, 2.45) is 0 Å². The van der Waals surface area contributed by atoms with Crippen LogP contribution in [0.5, 0.6) is 0 Å². The lowest BCUT2D eigenvalue weighted by molar-refractivity contribution is -0.145. The molecule has 0 aromatic heterocycles. The molecular formula is C10H18N2O5. The normalized spacial score (nSPS) is 18.8. The number of ether oxygens (including phenoxy) is 1. The van der Waals surface area contributed by atoms with Crippen LogP contribution in [0.2, 0.25) is 0 Å². The maximum atomic E-state index is 10.8. The number of nitrogens with one attached hydrogen (secondary N) is 1. The van der Waals surface area contributed by atoms with Crippen molar-refractivity contribution < 1.29 is 24.5 Å². The third-order valence-electron chi connectivity index (χ3n) is 2.60. The van der Waals surface area contributed by atoms with Crippen molar-refractivity contribution in [2.75, 3.05) is 39.4 Å². The van der Waals surface area contributed by atoms with Crippen LogP contribution in [0.25, 0.3) is 0 Å². The molecule has 7 nitrogen and oxygen atoms in total. The van der Waals surface area contributed by atoms with Crippen molar-refractivity contribution in [1.29, 1.82) is 0 Å². The zero-order valence-electron chi connectivity index (χ0n) is 9.59. The molecule has 0 amide bonds. The minimum atomic E-state index is -1.13. The van der Waals surface area contributed by atoms with Gasteiger partial charge >= 0.3 is 11.9 Å². The third kappa shape index (κ3) is 5.62. The molecule has 0 radical (unpaired) electrons. The van der Waals surface area contributed by atoms with E-state index in [0.717, 1.165) is 13.1 Å². The molecule has 0 saturated carbocycles. The molecule has 1 saturated heterocycles. The second-order valence-electron chi connectivity index (χ2n) is 3.90. The predicted octanol–water partition coefficient (Wildman–Crippen LogP) is -1.16. The number of carboxylic acid groups (broad SMARTS) is 2. The predicted molar refractivity (Wildman–Crippen MR) is 58.9 cm³/mol. The molecule has 1 aliphatic heterocycles. The van der Waals surface area contributed by atoms with Crippen molar-refractivity contribution in [1.82, 2.24) is 10.2 Å². The van der Waals surface area contributed by atoms with E-state index in [0.29, 0.717) is 26.3 Å². The van der Waals surface area contributed by atoms with Crippen molar-refractivity contribution in [3.63, 3.8) is 0 Å². The Morgan fingerprint density at radius 3 is 2.47 bits per heavy atom. The Hall–Kier alpha value is -1.18. The summed E-state index contributed by atoms with van der Waals surface area (Å²) in [5.74, 6) is -2.24. The number of aliphatic carboxylic acids is 2. The van der Waals surface area contributed by atoms with E-state index in [1.165, 1.54) is 0 Å². The van der Waals surface area contributed by atoms with E-state index in [2.05, 4.69) is 10.2 Å². The average molecular weight is 246 g/mol. The molecular weight excluding hydrogens is 228 g/mol. The minimum absolute atomic E-state index is 0.404. The van der Waals surface area contributed by atoms with Crippen LogP contribution in [0.4, 0.5) is 0 Å². The second kappa shape index (κ2) is 7.21. The Morgan fingerprint density at radius 2 is 1.94 bits per heavy atom. The maximum absolute atomic E-state index is 10.8. The Kier molecular flexibility index (Phi) is 5.88. The number of morpholine rings is 1. The van der Waals surface area contributed by atoms with Crippen molar-refractivity contribution in [3.05, 3.63) is 0 Å². The van der Waals surface area contributed by atoms with E-state index in [4.69, 9.17) is 14.9 Å². The molecule has 98 valence electrons. The lowest BCUT2D eigenvalue weighted by Gasteiger charge is -2.27. The summed E-state index contributed by atoms with van der Waals surface area (Å²) in [6, 6.07) is -1.02. The van der Waals surface area contributed by atoms with Crippen LogP contribution in [-0.2, 0) is 14.3 Å². The maximum Gasteiger partial charge on any atom is 0.321 e. The number of rotatable bonds is 7. The molecule has 0 aromatic rings. The molecule has 17 heavy (non-hydrogen) atoms. The van der Waals surface area contributed by atoms with Gasteiger partial charge in [-0.2, -0.15) is 0 Å². The van der Waals surface area contributed by atoms with Gasteiger partial charge in [0.05, 0.1) is 19.6 Å². The Labute approximate surface area is 99.4 Å². The van der Waals surface area contributed by atoms with Crippen molar-refractivity contribution in [3.8, 4) is 0 Å². The smallest absolute Gasteiger partial charge is 0.321 e. The Balaban J connectivity index is 2.21. The summed E-state index contributed by atoms with van der Waals surface area (Å²) in [6.45, 7) is 4.21. The molecule has 1 heterocycles. The summed E-state index contributed by atoms with van der Waals surface area (Å²) < 4.78 is 5.18. The van der Waals surface area contributed by atoms with Crippen LogP contribution in [-0.4, -0.2) is 72.5 Å². The Bertz CT molecular complexity index is 265. The van der Waals surface area contributed by atoms with Crippen molar-refractivity contribution in [2.45, 2.75) is 12.5 Å². The Morgan fingerprint density at radius 1 is 1.29 bits per heavy atom. The lowest BCUT2D eigenvalue weighted by Crippen LogP contribution is -2.45. The van der Waals surface area contributed by atoms with Gasteiger partial charge in [-0.15, -0.1) is 0 Å². The van der Waals surface area contributed by atoms with Gasteiger partial charge in [0.2, 0.25) is 0 Å².